The number of aryl methyl sites for hydroxylation is 1. The highest BCUT2D eigenvalue weighted by atomic mass is 15.2. The minimum atomic E-state index is 0.598. The number of nitrogens with zero attached hydrogens (tertiary/aromatic N) is 3. The Kier molecular flexibility index (Phi) is 4.71. The molecule has 19 heavy (non-hydrogen) atoms. The zero-order valence-corrected chi connectivity index (χ0v) is 11.7. The largest absolute Gasteiger partial charge is 0.326 e. The van der Waals surface area contributed by atoms with Crippen LogP contribution >= 0.6 is 0 Å². The maximum Gasteiger partial charge on any atom is 0.0534 e. The Balaban J connectivity index is 2.06. The van der Waals surface area contributed by atoms with Gasteiger partial charge in [0.05, 0.1) is 6.20 Å². The second-order valence-corrected chi connectivity index (χ2v) is 4.80. The highest BCUT2D eigenvalue weighted by molar-refractivity contribution is 5.26. The van der Waals surface area contributed by atoms with Crippen molar-refractivity contribution in [1.29, 1.82) is 0 Å². The van der Waals surface area contributed by atoms with Crippen molar-refractivity contribution in [3.05, 3.63) is 53.3 Å². The fraction of sp³-hybridized carbons (Fsp3) is 0.400. The van der Waals surface area contributed by atoms with Crippen molar-refractivity contribution in [3.63, 3.8) is 0 Å². The molecule has 4 nitrogen and oxygen atoms in total. The molecule has 0 aliphatic heterocycles. The van der Waals surface area contributed by atoms with Gasteiger partial charge in [-0.1, -0.05) is 31.2 Å². The maximum atomic E-state index is 5.79. The average Bonchev–Trinajstić information content (AvgIpc) is 2.84. The molecule has 0 radical (unpaired) electrons. The van der Waals surface area contributed by atoms with Gasteiger partial charge in [0.2, 0.25) is 0 Å². The molecule has 0 saturated heterocycles. The van der Waals surface area contributed by atoms with E-state index in [0.717, 1.165) is 19.6 Å². The first-order valence-electron chi connectivity index (χ1n) is 6.69. The van der Waals surface area contributed by atoms with Crippen LogP contribution in [0.5, 0.6) is 0 Å². The summed E-state index contributed by atoms with van der Waals surface area (Å²) in [5, 5.41) is 4.21. The summed E-state index contributed by atoms with van der Waals surface area (Å²) in [4.78, 5) is 2.39. The van der Waals surface area contributed by atoms with Gasteiger partial charge in [-0.25, -0.2) is 0 Å². The first-order chi connectivity index (χ1) is 9.22. The molecule has 0 fully saturated rings. The van der Waals surface area contributed by atoms with E-state index in [2.05, 4.69) is 41.3 Å². The highest BCUT2D eigenvalue weighted by Gasteiger charge is 2.08. The first-order valence-corrected chi connectivity index (χ1v) is 6.69. The van der Waals surface area contributed by atoms with Crippen LogP contribution in [0.25, 0.3) is 0 Å². The molecule has 0 atom stereocenters. The molecule has 0 spiro atoms. The molecular formula is C15H22N4. The lowest BCUT2D eigenvalue weighted by molar-refractivity contribution is 0.270. The molecule has 2 aromatic rings. The lowest BCUT2D eigenvalue weighted by Gasteiger charge is -2.21. The lowest BCUT2D eigenvalue weighted by atomic mass is 10.1. The molecule has 102 valence electrons. The summed E-state index contributed by atoms with van der Waals surface area (Å²) in [7, 11) is 1.95. The van der Waals surface area contributed by atoms with Crippen LogP contribution in [-0.2, 0) is 26.7 Å². The van der Waals surface area contributed by atoms with Crippen LogP contribution in [0, 0.1) is 0 Å². The zero-order chi connectivity index (χ0) is 13.7. The van der Waals surface area contributed by atoms with Gasteiger partial charge in [0.15, 0.2) is 0 Å². The Morgan fingerprint density at radius 3 is 2.53 bits per heavy atom. The maximum absolute atomic E-state index is 5.79. The first kappa shape index (κ1) is 13.8. The van der Waals surface area contributed by atoms with Gasteiger partial charge in [-0.2, -0.15) is 5.10 Å². The number of hydrogen-bond acceptors (Lipinski definition) is 3. The van der Waals surface area contributed by atoms with Crippen LogP contribution in [-0.4, -0.2) is 21.2 Å². The number of hydrogen-bond donors (Lipinski definition) is 1. The van der Waals surface area contributed by atoms with Gasteiger partial charge in [0.25, 0.3) is 0 Å². The Morgan fingerprint density at radius 1 is 1.21 bits per heavy atom. The van der Waals surface area contributed by atoms with Crippen molar-refractivity contribution in [1.82, 2.24) is 14.7 Å². The molecule has 1 heterocycles. The molecule has 0 bridgehead atoms. The van der Waals surface area contributed by atoms with Gasteiger partial charge in [0.1, 0.15) is 0 Å². The summed E-state index contributed by atoms with van der Waals surface area (Å²) in [5.41, 5.74) is 9.58. The van der Waals surface area contributed by atoms with Gasteiger partial charge in [-0.15, -0.1) is 0 Å². The molecule has 2 N–H and O–H groups in total. The van der Waals surface area contributed by atoms with Crippen molar-refractivity contribution >= 4 is 0 Å². The molecule has 0 aliphatic rings. The fourth-order valence-corrected chi connectivity index (χ4v) is 2.24. The van der Waals surface area contributed by atoms with Crippen LogP contribution in [0.4, 0.5) is 0 Å². The van der Waals surface area contributed by atoms with Gasteiger partial charge in [-0.05, 0) is 17.7 Å². The van der Waals surface area contributed by atoms with E-state index >= 15 is 0 Å². The fourth-order valence-electron chi connectivity index (χ4n) is 2.24. The number of rotatable bonds is 6. The van der Waals surface area contributed by atoms with Crippen LogP contribution in [0.2, 0.25) is 0 Å². The van der Waals surface area contributed by atoms with E-state index < -0.39 is 0 Å². The second-order valence-electron chi connectivity index (χ2n) is 4.80. The SMILES string of the molecule is CCN(Cc1cnn(C)c1)Cc1ccccc1CN. The third-order valence-electron chi connectivity index (χ3n) is 3.34. The summed E-state index contributed by atoms with van der Waals surface area (Å²) in [6, 6.07) is 8.39. The molecule has 2 rings (SSSR count). The lowest BCUT2D eigenvalue weighted by Crippen LogP contribution is -2.23. The normalized spacial score (nSPS) is 11.2. The van der Waals surface area contributed by atoms with Crippen LogP contribution in [0.15, 0.2) is 36.7 Å². The molecule has 0 saturated carbocycles. The third-order valence-corrected chi connectivity index (χ3v) is 3.34. The van der Waals surface area contributed by atoms with Crippen molar-refractivity contribution in [2.24, 2.45) is 12.8 Å². The predicted octanol–water partition coefficient (Wildman–Crippen LogP) is 1.90. The zero-order valence-electron chi connectivity index (χ0n) is 11.7. The average molecular weight is 258 g/mol. The smallest absolute Gasteiger partial charge is 0.0534 e. The minimum Gasteiger partial charge on any atom is -0.326 e. The quantitative estimate of drug-likeness (QED) is 0.861. The van der Waals surface area contributed by atoms with Gasteiger partial charge in [0, 0.05) is 38.4 Å². The Morgan fingerprint density at radius 2 is 1.95 bits per heavy atom. The van der Waals surface area contributed by atoms with E-state index in [1.807, 2.05) is 24.0 Å². The van der Waals surface area contributed by atoms with Gasteiger partial charge < -0.3 is 5.73 Å². The van der Waals surface area contributed by atoms with E-state index in [-0.39, 0.29) is 0 Å². The van der Waals surface area contributed by atoms with Crippen molar-refractivity contribution in [3.8, 4) is 0 Å². The van der Waals surface area contributed by atoms with E-state index in [1.54, 1.807) is 0 Å². The number of nitrogens with two attached hydrogens (primary N) is 1. The highest BCUT2D eigenvalue weighted by Crippen LogP contribution is 2.13. The summed E-state index contributed by atoms with van der Waals surface area (Å²) in [6.07, 6.45) is 4.00. The van der Waals surface area contributed by atoms with Crippen molar-refractivity contribution in [2.75, 3.05) is 6.54 Å². The Hall–Kier alpha value is -1.65. The Bertz CT molecular complexity index is 518. The molecule has 1 aromatic heterocycles. The third kappa shape index (κ3) is 3.66. The van der Waals surface area contributed by atoms with E-state index in [4.69, 9.17) is 5.73 Å². The summed E-state index contributed by atoms with van der Waals surface area (Å²) in [5.74, 6) is 0. The monoisotopic (exact) mass is 258 g/mol. The van der Waals surface area contributed by atoms with Gasteiger partial charge in [-0.3, -0.25) is 9.58 Å². The molecule has 0 aliphatic carbocycles. The molecule has 1 aromatic carbocycles. The summed E-state index contributed by atoms with van der Waals surface area (Å²) >= 11 is 0. The topological polar surface area (TPSA) is 47.1 Å². The number of benzene rings is 1. The summed E-state index contributed by atoms with van der Waals surface area (Å²) in [6.45, 7) is 5.64. The van der Waals surface area contributed by atoms with Crippen LogP contribution in [0.3, 0.4) is 0 Å². The van der Waals surface area contributed by atoms with Crippen molar-refractivity contribution in [2.45, 2.75) is 26.6 Å². The van der Waals surface area contributed by atoms with Crippen LogP contribution in [0.1, 0.15) is 23.6 Å². The standard InChI is InChI=1S/C15H22N4/c1-3-19(11-13-9-17-18(2)10-13)12-15-7-5-4-6-14(15)8-16/h4-7,9-10H,3,8,11-12,16H2,1-2H3. The van der Waals surface area contributed by atoms with Gasteiger partial charge >= 0.3 is 0 Å². The second kappa shape index (κ2) is 6.50. The Labute approximate surface area is 114 Å². The summed E-state index contributed by atoms with van der Waals surface area (Å²) < 4.78 is 1.84. The molecule has 0 unspecified atom stereocenters. The minimum absolute atomic E-state index is 0.598. The van der Waals surface area contributed by atoms with E-state index in [1.165, 1.54) is 16.7 Å². The molecular weight excluding hydrogens is 236 g/mol. The van der Waals surface area contributed by atoms with E-state index in [0.29, 0.717) is 6.54 Å². The number of aromatic nitrogens is 2. The molecule has 0 amide bonds. The predicted molar refractivity (Wildman–Crippen MR) is 77.3 cm³/mol. The van der Waals surface area contributed by atoms with Crippen LogP contribution < -0.4 is 5.73 Å². The van der Waals surface area contributed by atoms with E-state index in [9.17, 15) is 0 Å². The molecule has 4 heteroatoms. The van der Waals surface area contributed by atoms with Crippen molar-refractivity contribution < 1.29 is 0 Å².